The third kappa shape index (κ3) is 3.29. The average Bonchev–Trinajstić information content (AvgIpc) is 3.11. The molecule has 2 nitrogen and oxygen atoms in total. The normalized spacial score (nSPS) is 16.0. The van der Waals surface area contributed by atoms with E-state index in [1.54, 1.807) is 7.11 Å². The lowest BCUT2D eigenvalue weighted by Crippen LogP contribution is -2.14. The van der Waals surface area contributed by atoms with E-state index in [1.807, 2.05) is 0 Å². The molecule has 0 aliphatic carbocycles. The molecule has 3 aromatic rings. The van der Waals surface area contributed by atoms with E-state index in [0.29, 0.717) is 0 Å². The maximum Gasteiger partial charge on any atom is 0.124 e. The molecule has 1 atom stereocenters. The lowest BCUT2D eigenvalue weighted by Gasteiger charge is -2.17. The Morgan fingerprint density at radius 3 is 2.42 bits per heavy atom. The van der Waals surface area contributed by atoms with E-state index in [9.17, 15) is 0 Å². The van der Waals surface area contributed by atoms with Crippen LogP contribution in [-0.2, 0) is 6.54 Å². The van der Waals surface area contributed by atoms with E-state index in [2.05, 4.69) is 91.1 Å². The smallest absolute Gasteiger partial charge is 0.124 e. The van der Waals surface area contributed by atoms with Crippen LogP contribution in [0.3, 0.4) is 0 Å². The number of rotatable bonds is 4. The Hall–Kier alpha value is -2.84. The SMILES string of the molecule is COc1cc(/C=C/c2ccc(C)cc2)ccc1C1NCc2ccccc21. The molecular formula is C24H23NO. The third-order valence-corrected chi connectivity index (χ3v) is 4.98. The van der Waals surface area contributed by atoms with Crippen LogP contribution in [0.25, 0.3) is 12.2 Å². The van der Waals surface area contributed by atoms with Crippen molar-refractivity contribution in [2.24, 2.45) is 0 Å². The maximum absolute atomic E-state index is 5.71. The van der Waals surface area contributed by atoms with E-state index >= 15 is 0 Å². The molecule has 0 amide bonds. The van der Waals surface area contributed by atoms with Crippen LogP contribution in [-0.4, -0.2) is 7.11 Å². The maximum atomic E-state index is 5.71. The second kappa shape index (κ2) is 7.19. The van der Waals surface area contributed by atoms with Crippen LogP contribution in [0.1, 0.15) is 39.4 Å². The van der Waals surface area contributed by atoms with Crippen LogP contribution in [0.4, 0.5) is 0 Å². The van der Waals surface area contributed by atoms with Crippen LogP contribution in [0, 0.1) is 6.92 Å². The van der Waals surface area contributed by atoms with Gasteiger partial charge in [-0.2, -0.15) is 0 Å². The highest BCUT2D eigenvalue weighted by Crippen LogP contribution is 2.36. The number of ether oxygens (including phenoxy) is 1. The number of methoxy groups -OCH3 is 1. The summed E-state index contributed by atoms with van der Waals surface area (Å²) in [6, 6.07) is 23.8. The summed E-state index contributed by atoms with van der Waals surface area (Å²) < 4.78 is 5.71. The number of benzene rings is 3. The van der Waals surface area contributed by atoms with Crippen molar-refractivity contribution in [3.63, 3.8) is 0 Å². The molecule has 3 aromatic carbocycles. The molecule has 1 aliphatic rings. The van der Waals surface area contributed by atoms with Crippen molar-refractivity contribution in [1.29, 1.82) is 0 Å². The predicted octanol–water partition coefficient (Wildman–Crippen LogP) is 5.37. The van der Waals surface area contributed by atoms with Gasteiger partial charge in [-0.1, -0.05) is 78.4 Å². The van der Waals surface area contributed by atoms with Crippen LogP contribution in [0.5, 0.6) is 5.75 Å². The topological polar surface area (TPSA) is 21.3 Å². The summed E-state index contributed by atoms with van der Waals surface area (Å²) in [6.07, 6.45) is 4.27. The zero-order chi connectivity index (χ0) is 17.9. The molecule has 0 radical (unpaired) electrons. The van der Waals surface area contributed by atoms with Crippen LogP contribution >= 0.6 is 0 Å². The predicted molar refractivity (Wildman–Crippen MR) is 108 cm³/mol. The quantitative estimate of drug-likeness (QED) is 0.645. The monoisotopic (exact) mass is 341 g/mol. The number of aryl methyl sites for hydroxylation is 1. The Morgan fingerprint density at radius 1 is 0.885 bits per heavy atom. The average molecular weight is 341 g/mol. The molecule has 130 valence electrons. The molecule has 1 heterocycles. The Balaban J connectivity index is 1.62. The first kappa shape index (κ1) is 16.6. The Kier molecular flexibility index (Phi) is 4.59. The van der Waals surface area contributed by atoms with Crippen molar-refractivity contribution in [2.75, 3.05) is 7.11 Å². The summed E-state index contributed by atoms with van der Waals surface area (Å²) in [6.45, 7) is 3.01. The molecule has 0 bridgehead atoms. The van der Waals surface area contributed by atoms with E-state index in [-0.39, 0.29) is 6.04 Å². The van der Waals surface area contributed by atoms with Crippen molar-refractivity contribution in [2.45, 2.75) is 19.5 Å². The highest BCUT2D eigenvalue weighted by molar-refractivity contribution is 5.71. The first-order valence-electron chi connectivity index (χ1n) is 8.98. The van der Waals surface area contributed by atoms with E-state index in [4.69, 9.17) is 4.74 Å². The van der Waals surface area contributed by atoms with Gasteiger partial charge in [0.1, 0.15) is 5.75 Å². The summed E-state index contributed by atoms with van der Waals surface area (Å²) in [5.41, 5.74) is 7.50. The Labute approximate surface area is 155 Å². The molecule has 0 fully saturated rings. The van der Waals surface area contributed by atoms with Gasteiger partial charge in [-0.05, 0) is 35.2 Å². The molecule has 1 unspecified atom stereocenters. The molecule has 26 heavy (non-hydrogen) atoms. The molecule has 0 saturated carbocycles. The van der Waals surface area contributed by atoms with Gasteiger partial charge in [-0.3, -0.25) is 0 Å². The molecule has 1 N–H and O–H groups in total. The highest BCUT2D eigenvalue weighted by atomic mass is 16.5. The van der Waals surface area contributed by atoms with Gasteiger partial charge in [0.15, 0.2) is 0 Å². The Morgan fingerprint density at radius 2 is 1.62 bits per heavy atom. The zero-order valence-electron chi connectivity index (χ0n) is 15.2. The summed E-state index contributed by atoms with van der Waals surface area (Å²) in [4.78, 5) is 0. The van der Waals surface area contributed by atoms with E-state index < -0.39 is 0 Å². The molecule has 1 aliphatic heterocycles. The van der Waals surface area contributed by atoms with Gasteiger partial charge >= 0.3 is 0 Å². The minimum Gasteiger partial charge on any atom is -0.496 e. The largest absolute Gasteiger partial charge is 0.496 e. The lowest BCUT2D eigenvalue weighted by atomic mass is 9.96. The first-order chi connectivity index (χ1) is 12.7. The van der Waals surface area contributed by atoms with Gasteiger partial charge in [0.05, 0.1) is 13.2 Å². The number of nitrogens with one attached hydrogen (secondary N) is 1. The first-order valence-corrected chi connectivity index (χ1v) is 8.98. The van der Waals surface area contributed by atoms with Gasteiger partial charge in [-0.15, -0.1) is 0 Å². The van der Waals surface area contributed by atoms with Crippen LogP contribution in [0.15, 0.2) is 66.7 Å². The van der Waals surface area contributed by atoms with Gasteiger partial charge in [0, 0.05) is 12.1 Å². The fraction of sp³-hybridized carbons (Fsp3) is 0.167. The number of hydrogen-bond donors (Lipinski definition) is 1. The summed E-state index contributed by atoms with van der Waals surface area (Å²) in [5.74, 6) is 0.922. The van der Waals surface area contributed by atoms with Crippen molar-refractivity contribution in [1.82, 2.24) is 5.32 Å². The molecular weight excluding hydrogens is 318 g/mol. The lowest BCUT2D eigenvalue weighted by molar-refractivity contribution is 0.405. The van der Waals surface area contributed by atoms with E-state index in [0.717, 1.165) is 17.9 Å². The Bertz CT molecular complexity index is 941. The van der Waals surface area contributed by atoms with Gasteiger partial charge in [0.25, 0.3) is 0 Å². The highest BCUT2D eigenvalue weighted by Gasteiger charge is 2.25. The summed E-state index contributed by atoms with van der Waals surface area (Å²) in [5, 5.41) is 3.60. The summed E-state index contributed by atoms with van der Waals surface area (Å²) >= 11 is 0. The van der Waals surface area contributed by atoms with Gasteiger partial charge in [-0.25, -0.2) is 0 Å². The molecule has 0 spiro atoms. The van der Waals surface area contributed by atoms with Crippen molar-refractivity contribution >= 4 is 12.2 Å². The summed E-state index contributed by atoms with van der Waals surface area (Å²) in [7, 11) is 1.74. The molecule has 4 rings (SSSR count). The van der Waals surface area contributed by atoms with Crippen LogP contribution < -0.4 is 10.1 Å². The molecule has 2 heteroatoms. The standard InChI is InChI=1S/C24H23NO/c1-17-7-9-18(10-8-17)11-12-19-13-14-22(23(15-19)26-2)24-21-6-4-3-5-20(21)16-25-24/h3-15,24-25H,16H2,1-2H3/b12-11+. The molecule has 0 aromatic heterocycles. The van der Waals surface area contributed by atoms with Crippen LogP contribution in [0.2, 0.25) is 0 Å². The fourth-order valence-electron chi connectivity index (χ4n) is 3.52. The molecule has 0 saturated heterocycles. The van der Waals surface area contributed by atoms with Gasteiger partial charge < -0.3 is 10.1 Å². The number of fused-ring (bicyclic) bond motifs is 1. The third-order valence-electron chi connectivity index (χ3n) is 4.98. The van der Waals surface area contributed by atoms with Crippen molar-refractivity contribution in [3.8, 4) is 5.75 Å². The second-order valence-electron chi connectivity index (χ2n) is 6.76. The minimum absolute atomic E-state index is 0.191. The van der Waals surface area contributed by atoms with Gasteiger partial charge in [0.2, 0.25) is 0 Å². The minimum atomic E-state index is 0.191. The van der Waals surface area contributed by atoms with Crippen molar-refractivity contribution in [3.05, 3.63) is 100 Å². The van der Waals surface area contributed by atoms with Crippen molar-refractivity contribution < 1.29 is 4.74 Å². The number of hydrogen-bond acceptors (Lipinski definition) is 2. The zero-order valence-corrected chi connectivity index (χ0v) is 15.2. The fourth-order valence-corrected chi connectivity index (χ4v) is 3.52. The van der Waals surface area contributed by atoms with E-state index in [1.165, 1.54) is 27.8 Å². The second-order valence-corrected chi connectivity index (χ2v) is 6.76.